The fourth-order valence-electron chi connectivity index (χ4n) is 3.69. The molecule has 3 aromatic carbocycles. The summed E-state index contributed by atoms with van der Waals surface area (Å²) in [6, 6.07) is 19.2. The summed E-state index contributed by atoms with van der Waals surface area (Å²) in [6.45, 7) is 0.546. The van der Waals surface area contributed by atoms with Crippen LogP contribution >= 0.6 is 23.2 Å². The van der Waals surface area contributed by atoms with E-state index >= 15 is 0 Å². The Morgan fingerprint density at radius 2 is 1.83 bits per heavy atom. The molecule has 1 aliphatic rings. The number of aliphatic hydroxyl groups excluding tert-OH is 1. The van der Waals surface area contributed by atoms with Crippen LogP contribution in [0.3, 0.4) is 0 Å². The van der Waals surface area contributed by atoms with Crippen molar-refractivity contribution in [1.82, 2.24) is 0 Å². The lowest BCUT2D eigenvalue weighted by Gasteiger charge is -2.13. The first-order valence-corrected chi connectivity index (χ1v) is 10.3. The summed E-state index contributed by atoms with van der Waals surface area (Å²) < 4.78 is 5.88. The number of hydrogen-bond acceptors (Lipinski definition) is 3. The average Bonchev–Trinajstić information content (AvgIpc) is 3.15. The lowest BCUT2D eigenvalue weighted by Crippen LogP contribution is -2.03. The summed E-state index contributed by atoms with van der Waals surface area (Å²) in [7, 11) is 0. The molecule has 4 rings (SSSR count). The molecule has 29 heavy (non-hydrogen) atoms. The number of rotatable bonds is 6. The molecule has 1 N–H and O–H groups in total. The van der Waals surface area contributed by atoms with E-state index in [0.717, 1.165) is 28.0 Å². The van der Waals surface area contributed by atoms with Crippen molar-refractivity contribution in [3.8, 4) is 16.9 Å². The molecule has 0 fully saturated rings. The molecule has 0 spiro atoms. The Balaban J connectivity index is 1.67. The third-order valence-corrected chi connectivity index (χ3v) is 5.77. The zero-order valence-corrected chi connectivity index (χ0v) is 17.2. The number of carbonyl (C=O) groups excluding carboxylic acids is 1. The summed E-state index contributed by atoms with van der Waals surface area (Å²) in [5, 5.41) is 10.2. The maximum Gasteiger partial charge on any atom is 0.162 e. The smallest absolute Gasteiger partial charge is 0.162 e. The molecule has 0 saturated carbocycles. The first kappa shape index (κ1) is 20.0. The van der Waals surface area contributed by atoms with Crippen molar-refractivity contribution in [2.75, 3.05) is 13.2 Å². The summed E-state index contributed by atoms with van der Waals surface area (Å²) in [5.74, 6) is 0.917. The highest BCUT2D eigenvalue weighted by atomic mass is 35.5. The molecular formula is C24H20Cl2O3. The van der Waals surface area contributed by atoms with Crippen LogP contribution in [0.25, 0.3) is 11.1 Å². The van der Waals surface area contributed by atoms with E-state index in [2.05, 4.69) is 6.07 Å². The second kappa shape index (κ2) is 8.58. The topological polar surface area (TPSA) is 46.5 Å². The van der Waals surface area contributed by atoms with E-state index < -0.39 is 0 Å². The van der Waals surface area contributed by atoms with Gasteiger partial charge in [-0.3, -0.25) is 4.79 Å². The van der Waals surface area contributed by atoms with Gasteiger partial charge in [0.05, 0.1) is 6.61 Å². The van der Waals surface area contributed by atoms with Crippen LogP contribution in [-0.4, -0.2) is 24.1 Å². The predicted molar refractivity (Wildman–Crippen MR) is 116 cm³/mol. The monoisotopic (exact) mass is 426 g/mol. The Kier molecular flexibility index (Phi) is 5.91. The Hall–Kier alpha value is -2.33. The van der Waals surface area contributed by atoms with Crippen LogP contribution < -0.4 is 4.74 Å². The molecule has 1 unspecified atom stereocenters. The van der Waals surface area contributed by atoms with Gasteiger partial charge in [-0.1, -0.05) is 53.5 Å². The molecule has 0 saturated heterocycles. The molecular weight excluding hydrogens is 407 g/mol. The van der Waals surface area contributed by atoms with Crippen LogP contribution in [0.1, 0.15) is 40.2 Å². The van der Waals surface area contributed by atoms with Crippen LogP contribution in [0.4, 0.5) is 0 Å². The summed E-state index contributed by atoms with van der Waals surface area (Å²) in [4.78, 5) is 12.3. The van der Waals surface area contributed by atoms with E-state index in [1.165, 1.54) is 0 Å². The van der Waals surface area contributed by atoms with Gasteiger partial charge in [-0.2, -0.15) is 0 Å². The third kappa shape index (κ3) is 4.18. The van der Waals surface area contributed by atoms with Crippen LogP contribution in [0.15, 0.2) is 60.7 Å². The van der Waals surface area contributed by atoms with E-state index in [1.54, 1.807) is 6.07 Å². The zero-order valence-electron chi connectivity index (χ0n) is 15.7. The van der Waals surface area contributed by atoms with E-state index in [9.17, 15) is 4.79 Å². The van der Waals surface area contributed by atoms with Crippen LogP contribution in [0, 0.1) is 0 Å². The molecule has 0 bridgehead atoms. The minimum absolute atomic E-state index is 0.0187. The highest BCUT2D eigenvalue weighted by molar-refractivity contribution is 6.35. The molecule has 0 amide bonds. The Labute approximate surface area is 179 Å². The van der Waals surface area contributed by atoms with Gasteiger partial charge in [-0.05, 0) is 53.4 Å². The second-order valence-corrected chi connectivity index (χ2v) is 7.96. The molecule has 1 heterocycles. The SMILES string of the molecule is O=C(CCCO)c1cccc(-c2ccc3c(c2)C(c2ccc(Cl)cc2Cl)CO3)c1. The Morgan fingerprint density at radius 1 is 1.00 bits per heavy atom. The number of hydrogen-bond donors (Lipinski definition) is 1. The van der Waals surface area contributed by atoms with Crippen LogP contribution in [0.5, 0.6) is 5.75 Å². The van der Waals surface area contributed by atoms with Crippen LogP contribution in [-0.2, 0) is 0 Å². The number of benzene rings is 3. The van der Waals surface area contributed by atoms with Crippen molar-refractivity contribution in [3.05, 3.63) is 87.4 Å². The maximum absolute atomic E-state index is 12.3. The van der Waals surface area contributed by atoms with E-state index in [4.69, 9.17) is 33.0 Å². The predicted octanol–water partition coefficient (Wildman–Crippen LogP) is 6.14. The zero-order chi connectivity index (χ0) is 20.4. The van der Waals surface area contributed by atoms with Gasteiger partial charge >= 0.3 is 0 Å². The van der Waals surface area contributed by atoms with Gasteiger partial charge in [0.15, 0.2) is 5.78 Å². The van der Waals surface area contributed by atoms with Gasteiger partial charge in [0, 0.05) is 40.1 Å². The van der Waals surface area contributed by atoms with Crippen molar-refractivity contribution < 1.29 is 14.6 Å². The lowest BCUT2D eigenvalue weighted by molar-refractivity contribution is 0.0971. The largest absolute Gasteiger partial charge is 0.492 e. The van der Waals surface area contributed by atoms with E-state index in [-0.39, 0.29) is 18.3 Å². The number of aliphatic hydroxyl groups is 1. The highest BCUT2D eigenvalue weighted by Crippen LogP contribution is 2.42. The lowest BCUT2D eigenvalue weighted by atomic mass is 9.90. The van der Waals surface area contributed by atoms with Crippen molar-refractivity contribution in [3.63, 3.8) is 0 Å². The molecule has 3 aromatic rings. The summed E-state index contributed by atoms with van der Waals surface area (Å²) in [6.07, 6.45) is 0.817. The van der Waals surface area contributed by atoms with Crippen molar-refractivity contribution in [2.24, 2.45) is 0 Å². The molecule has 148 valence electrons. The van der Waals surface area contributed by atoms with Crippen LogP contribution in [0.2, 0.25) is 10.0 Å². The molecule has 0 radical (unpaired) electrons. The standard InChI is InChI=1S/C24H20Cl2O3/c25-18-7-8-19(22(26)13-18)21-14-29-24-9-6-16(12-20(21)24)15-3-1-4-17(11-15)23(28)5-2-10-27/h1,3-4,6-9,11-13,21,27H,2,5,10,14H2. The van der Waals surface area contributed by atoms with Gasteiger partial charge in [-0.25, -0.2) is 0 Å². The molecule has 0 aliphatic carbocycles. The number of Topliss-reactive ketones (excluding diaryl/α,β-unsaturated/α-hetero) is 1. The Morgan fingerprint density at radius 3 is 2.62 bits per heavy atom. The normalized spacial score (nSPS) is 15.1. The Bertz CT molecular complexity index is 1060. The van der Waals surface area contributed by atoms with Gasteiger partial charge in [0.2, 0.25) is 0 Å². The molecule has 3 nitrogen and oxygen atoms in total. The summed E-state index contributed by atoms with van der Waals surface area (Å²) >= 11 is 12.5. The van der Waals surface area contributed by atoms with Crippen molar-refractivity contribution in [2.45, 2.75) is 18.8 Å². The fourth-order valence-corrected chi connectivity index (χ4v) is 4.23. The van der Waals surface area contributed by atoms with E-state index in [0.29, 0.717) is 35.1 Å². The minimum Gasteiger partial charge on any atom is -0.492 e. The van der Waals surface area contributed by atoms with Gasteiger partial charge in [0.1, 0.15) is 5.75 Å². The first-order valence-electron chi connectivity index (χ1n) is 9.53. The van der Waals surface area contributed by atoms with Gasteiger partial charge in [-0.15, -0.1) is 0 Å². The number of ketones is 1. The third-order valence-electron chi connectivity index (χ3n) is 5.21. The van der Waals surface area contributed by atoms with Crippen molar-refractivity contribution >= 4 is 29.0 Å². The molecule has 1 aliphatic heterocycles. The average molecular weight is 427 g/mol. The van der Waals surface area contributed by atoms with Gasteiger partial charge in [0.25, 0.3) is 0 Å². The van der Waals surface area contributed by atoms with E-state index in [1.807, 2.05) is 48.5 Å². The number of carbonyl (C=O) groups is 1. The minimum atomic E-state index is 0.0187. The quantitative estimate of drug-likeness (QED) is 0.481. The number of halogens is 2. The number of fused-ring (bicyclic) bond motifs is 1. The first-order chi connectivity index (χ1) is 14.1. The fraction of sp³-hybridized carbons (Fsp3) is 0.208. The summed E-state index contributed by atoms with van der Waals surface area (Å²) in [5.41, 5.74) is 4.70. The second-order valence-electron chi connectivity index (χ2n) is 7.11. The van der Waals surface area contributed by atoms with Crippen molar-refractivity contribution in [1.29, 1.82) is 0 Å². The van der Waals surface area contributed by atoms with Gasteiger partial charge < -0.3 is 9.84 Å². The highest BCUT2D eigenvalue weighted by Gasteiger charge is 2.28. The maximum atomic E-state index is 12.3. The molecule has 0 aromatic heterocycles. The number of ether oxygens (including phenoxy) is 1. The molecule has 1 atom stereocenters. The molecule has 5 heteroatoms.